The average Bonchev–Trinajstić information content (AvgIpc) is 2.03. The lowest BCUT2D eigenvalue weighted by Crippen LogP contribution is -2.17. The third kappa shape index (κ3) is 2.14. The van der Waals surface area contributed by atoms with Gasteiger partial charge in [0.05, 0.1) is 6.04 Å². The fourth-order valence-electron chi connectivity index (χ4n) is 1.78. The summed E-state index contributed by atoms with van der Waals surface area (Å²) in [6.45, 7) is 4.22. The molecule has 1 aliphatic carbocycles. The Morgan fingerprint density at radius 3 is 2.82 bits per heavy atom. The van der Waals surface area contributed by atoms with Gasteiger partial charge in [-0.2, -0.15) is 4.91 Å². The molecule has 1 aliphatic rings. The lowest BCUT2D eigenvalue weighted by Gasteiger charge is -2.23. The Hall–Kier alpha value is -0.660. The van der Waals surface area contributed by atoms with Crippen LogP contribution in [0.25, 0.3) is 0 Å². The van der Waals surface area contributed by atoms with E-state index in [9.17, 15) is 4.91 Å². The smallest absolute Gasteiger partial charge is 0.0959 e. The molecule has 0 spiro atoms. The molecule has 2 heteroatoms. The lowest BCUT2D eigenvalue weighted by molar-refractivity contribution is 0.405. The lowest BCUT2D eigenvalue weighted by atomic mass is 9.84. The second kappa shape index (κ2) is 3.65. The van der Waals surface area contributed by atoms with E-state index in [-0.39, 0.29) is 6.04 Å². The molecular formula is C9H15NO. The third-order valence-electron chi connectivity index (χ3n) is 2.34. The number of allylic oxidation sites excluding steroid dienone is 1. The molecule has 11 heavy (non-hydrogen) atoms. The van der Waals surface area contributed by atoms with Crippen molar-refractivity contribution in [2.45, 2.75) is 39.2 Å². The van der Waals surface area contributed by atoms with Gasteiger partial charge in [-0.15, -0.1) is 0 Å². The normalized spacial score (nSPS) is 35.6. The summed E-state index contributed by atoms with van der Waals surface area (Å²) < 4.78 is 0. The largest absolute Gasteiger partial charge is 0.151 e. The van der Waals surface area contributed by atoms with Gasteiger partial charge in [-0.1, -0.05) is 23.7 Å². The molecule has 2 atom stereocenters. The van der Waals surface area contributed by atoms with E-state index in [2.05, 4.69) is 18.2 Å². The molecule has 62 valence electrons. The van der Waals surface area contributed by atoms with Gasteiger partial charge in [0.25, 0.3) is 0 Å². The van der Waals surface area contributed by atoms with Gasteiger partial charge in [-0.3, -0.25) is 0 Å². The summed E-state index contributed by atoms with van der Waals surface area (Å²) >= 11 is 0. The molecule has 0 saturated heterocycles. The predicted molar refractivity (Wildman–Crippen MR) is 46.4 cm³/mol. The number of rotatable bonds is 1. The van der Waals surface area contributed by atoms with Gasteiger partial charge in [-0.25, -0.2) is 0 Å². The van der Waals surface area contributed by atoms with Gasteiger partial charge < -0.3 is 0 Å². The summed E-state index contributed by atoms with van der Waals surface area (Å²) in [6.07, 6.45) is 5.14. The van der Waals surface area contributed by atoms with E-state index in [1.165, 1.54) is 5.57 Å². The molecule has 1 fully saturated rings. The van der Waals surface area contributed by atoms with E-state index < -0.39 is 0 Å². The van der Waals surface area contributed by atoms with E-state index in [0.717, 1.165) is 19.3 Å². The molecule has 0 aromatic carbocycles. The second-order valence-electron chi connectivity index (χ2n) is 3.46. The van der Waals surface area contributed by atoms with Gasteiger partial charge >= 0.3 is 0 Å². The van der Waals surface area contributed by atoms with Crippen LogP contribution in [0.1, 0.15) is 33.1 Å². The van der Waals surface area contributed by atoms with Gasteiger partial charge in [0, 0.05) is 0 Å². The van der Waals surface area contributed by atoms with Crippen molar-refractivity contribution in [3.05, 3.63) is 16.6 Å². The van der Waals surface area contributed by atoms with Crippen molar-refractivity contribution in [3.8, 4) is 0 Å². The number of nitroso groups, excluding NO2 is 1. The topological polar surface area (TPSA) is 29.4 Å². The van der Waals surface area contributed by atoms with Crippen LogP contribution >= 0.6 is 0 Å². The first-order valence-electron chi connectivity index (χ1n) is 4.22. The summed E-state index contributed by atoms with van der Waals surface area (Å²) in [5.74, 6) is 0.637. The monoisotopic (exact) mass is 153 g/mol. The Morgan fingerprint density at radius 1 is 1.55 bits per heavy atom. The van der Waals surface area contributed by atoms with Crippen LogP contribution in [0.5, 0.6) is 0 Å². The molecule has 1 rings (SSSR count). The summed E-state index contributed by atoms with van der Waals surface area (Å²) in [5, 5.41) is 3.11. The molecule has 1 unspecified atom stereocenters. The maximum Gasteiger partial charge on any atom is 0.0959 e. The standard InChI is InChI=1S/C9H15NO/c1-3-8-4-7(2)5-9(6-8)10-11/h3,7,9H,4-6H2,1-2H3/b8-3+/t7?,9-/m0/s1. The SMILES string of the molecule is C/C=C1\CC(C)C[C@H](N=O)C1. The molecule has 1 saturated carbocycles. The summed E-state index contributed by atoms with van der Waals surface area (Å²) in [5.41, 5.74) is 1.40. The van der Waals surface area contributed by atoms with Gasteiger partial charge in [0.2, 0.25) is 0 Å². The van der Waals surface area contributed by atoms with Crippen molar-refractivity contribution in [3.63, 3.8) is 0 Å². The van der Waals surface area contributed by atoms with E-state index in [4.69, 9.17) is 0 Å². The van der Waals surface area contributed by atoms with Gasteiger partial charge in [0.15, 0.2) is 0 Å². The van der Waals surface area contributed by atoms with Crippen LogP contribution in [0, 0.1) is 10.8 Å². The van der Waals surface area contributed by atoms with E-state index >= 15 is 0 Å². The van der Waals surface area contributed by atoms with Gasteiger partial charge in [0.1, 0.15) is 0 Å². The molecular weight excluding hydrogens is 138 g/mol. The first-order valence-corrected chi connectivity index (χ1v) is 4.22. The number of nitrogens with zero attached hydrogens (tertiary/aromatic N) is 1. The molecule has 0 aliphatic heterocycles. The maximum atomic E-state index is 10.3. The average molecular weight is 153 g/mol. The van der Waals surface area contributed by atoms with Crippen LogP contribution in [0.2, 0.25) is 0 Å². The van der Waals surface area contributed by atoms with Crippen molar-refractivity contribution < 1.29 is 0 Å². The quantitative estimate of drug-likeness (QED) is 0.420. The molecule has 0 bridgehead atoms. The summed E-state index contributed by atoms with van der Waals surface area (Å²) in [6, 6.07) is 0.0462. The highest BCUT2D eigenvalue weighted by atomic mass is 16.3. The Bertz CT molecular complexity index is 174. The van der Waals surface area contributed by atoms with Gasteiger partial charge in [-0.05, 0) is 32.1 Å². The molecule has 0 radical (unpaired) electrons. The van der Waals surface area contributed by atoms with E-state index in [0.29, 0.717) is 5.92 Å². The molecule has 0 heterocycles. The fraction of sp³-hybridized carbons (Fsp3) is 0.778. The van der Waals surface area contributed by atoms with Crippen molar-refractivity contribution in [2.75, 3.05) is 0 Å². The Labute approximate surface area is 67.7 Å². The van der Waals surface area contributed by atoms with Crippen molar-refractivity contribution in [1.29, 1.82) is 0 Å². The molecule has 0 amide bonds. The Kier molecular flexibility index (Phi) is 2.80. The minimum absolute atomic E-state index is 0.0462. The van der Waals surface area contributed by atoms with Crippen LogP contribution in [0.4, 0.5) is 0 Å². The Balaban J connectivity index is 2.57. The van der Waals surface area contributed by atoms with Crippen molar-refractivity contribution in [1.82, 2.24) is 0 Å². The molecule has 0 aromatic heterocycles. The summed E-state index contributed by atoms with van der Waals surface area (Å²) in [4.78, 5) is 10.3. The van der Waals surface area contributed by atoms with Crippen LogP contribution in [0.15, 0.2) is 16.8 Å². The molecule has 0 aromatic rings. The van der Waals surface area contributed by atoms with Crippen molar-refractivity contribution in [2.24, 2.45) is 11.1 Å². The maximum absolute atomic E-state index is 10.3. The van der Waals surface area contributed by atoms with Crippen LogP contribution in [0.3, 0.4) is 0 Å². The van der Waals surface area contributed by atoms with Crippen LogP contribution in [-0.2, 0) is 0 Å². The second-order valence-corrected chi connectivity index (χ2v) is 3.46. The number of hydrogen-bond donors (Lipinski definition) is 0. The first kappa shape index (κ1) is 8.44. The first-order chi connectivity index (χ1) is 5.26. The highest BCUT2D eigenvalue weighted by molar-refractivity contribution is 5.07. The van der Waals surface area contributed by atoms with Crippen molar-refractivity contribution >= 4 is 0 Å². The highest BCUT2D eigenvalue weighted by Gasteiger charge is 2.21. The predicted octanol–water partition coefficient (Wildman–Crippen LogP) is 2.89. The highest BCUT2D eigenvalue weighted by Crippen LogP contribution is 2.29. The van der Waals surface area contributed by atoms with Crippen LogP contribution < -0.4 is 0 Å². The van der Waals surface area contributed by atoms with E-state index in [1.54, 1.807) is 0 Å². The molecule has 0 N–H and O–H groups in total. The van der Waals surface area contributed by atoms with E-state index in [1.807, 2.05) is 6.92 Å². The minimum atomic E-state index is 0.0462. The third-order valence-corrected chi connectivity index (χ3v) is 2.34. The summed E-state index contributed by atoms with van der Waals surface area (Å²) in [7, 11) is 0. The van der Waals surface area contributed by atoms with Crippen LogP contribution in [-0.4, -0.2) is 6.04 Å². The minimum Gasteiger partial charge on any atom is -0.151 e. The zero-order valence-electron chi connectivity index (χ0n) is 7.21. The zero-order chi connectivity index (χ0) is 8.27. The molecule has 2 nitrogen and oxygen atoms in total. The Morgan fingerprint density at radius 2 is 2.27 bits per heavy atom. The zero-order valence-corrected chi connectivity index (χ0v) is 7.21. The number of hydrogen-bond acceptors (Lipinski definition) is 2. The fourth-order valence-corrected chi connectivity index (χ4v) is 1.78.